The van der Waals surface area contributed by atoms with E-state index in [0.29, 0.717) is 0 Å². The van der Waals surface area contributed by atoms with Gasteiger partial charge in [0.15, 0.2) is 0 Å². The summed E-state index contributed by atoms with van der Waals surface area (Å²) < 4.78 is 0. The van der Waals surface area contributed by atoms with E-state index in [-0.39, 0.29) is 5.41 Å². The zero-order valence-corrected chi connectivity index (χ0v) is 45.7. The number of aryl methyl sites for hydroxylation is 3. The van der Waals surface area contributed by atoms with E-state index in [1.165, 1.54) is 124 Å². The molecule has 4 aliphatic rings. The maximum Gasteiger partial charge on any atom is 0.0651 e. The highest BCUT2D eigenvalue weighted by Crippen LogP contribution is 2.64. The van der Waals surface area contributed by atoms with Crippen LogP contribution < -0.4 is 0 Å². The summed E-state index contributed by atoms with van der Waals surface area (Å²) in [4.78, 5) is 0. The molecule has 9 aromatic carbocycles. The van der Waals surface area contributed by atoms with Gasteiger partial charge in [0.2, 0.25) is 0 Å². The maximum atomic E-state index is 2.46. The molecule has 0 radical (unpaired) electrons. The molecular formula is C73H78. The van der Waals surface area contributed by atoms with Gasteiger partial charge in [-0.3, -0.25) is 0 Å². The first-order valence-electron chi connectivity index (χ1n) is 27.5. The Morgan fingerprint density at radius 2 is 0.795 bits per heavy atom. The number of allylic oxidation sites excluding steroid dienone is 8. The van der Waals surface area contributed by atoms with Crippen molar-refractivity contribution in [3.63, 3.8) is 0 Å². The van der Waals surface area contributed by atoms with Crippen molar-refractivity contribution in [2.24, 2.45) is 0 Å². The fourth-order valence-corrected chi connectivity index (χ4v) is 11.3. The summed E-state index contributed by atoms with van der Waals surface area (Å²) in [5.41, 5.74) is 21.3. The van der Waals surface area contributed by atoms with E-state index in [4.69, 9.17) is 0 Å². The lowest BCUT2D eigenvalue weighted by Crippen LogP contribution is -2.29. The van der Waals surface area contributed by atoms with E-state index in [0.717, 1.165) is 12.8 Å². The first-order chi connectivity index (χ1) is 35.9. The molecule has 0 saturated heterocycles. The molecule has 0 bridgehead atoms. The van der Waals surface area contributed by atoms with Crippen LogP contribution in [0, 0.1) is 20.8 Å². The minimum Gasteiger partial charge on any atom is -0.0836 e. The second-order valence-corrected chi connectivity index (χ2v) is 18.6. The summed E-state index contributed by atoms with van der Waals surface area (Å²) >= 11 is 0. The van der Waals surface area contributed by atoms with Crippen LogP contribution >= 0.6 is 0 Å². The standard InChI is InChI=1S/C26H22.C19H14.C19H16.C3H8.3C2H6/c1-17-14-15-21-20-10-4-7-13-24(20)26(25(21)16-17)22-11-5-2-8-18(22)19-9-3-6-12-23(19)26;1-13-7-6-12-18-16-9-3-2-8-14(16)15-10-4-5-11-17(15)19(13)18;1-15-7-5-6-10-19(15)18-13-11-17(12-14-18)16-8-3-2-4-9-16;1-3-2;3*1-2/h2-5,8-11,14-16H,6-7,12-13H2,1H3;2-12H,1H3;2-14H,1H3;3H2,1-2H3;3*1-2H3. The van der Waals surface area contributed by atoms with E-state index in [1.54, 1.807) is 11.1 Å². The SMILES string of the molecule is CC.CC.CC.CCC.Cc1ccc2c(c1)C1(C3=C(C=CCC3)c3ccccc31)C1=C2C=CCC1.Cc1cccc2c3ccccc3c3ccccc3c12.Cc1ccccc1-c1ccc(-c2ccccc2)cc1. The minimum atomic E-state index is -0.0157. The fraction of sp³-hybridized carbons (Fsp3) is 0.233. The van der Waals surface area contributed by atoms with Crippen molar-refractivity contribution < 1.29 is 0 Å². The summed E-state index contributed by atoms with van der Waals surface area (Å²) in [6.07, 6.45) is 15.4. The molecule has 0 heteroatoms. The highest BCUT2D eigenvalue weighted by atomic mass is 14.5. The zero-order chi connectivity index (χ0) is 51.9. The van der Waals surface area contributed by atoms with Gasteiger partial charge in [0.05, 0.1) is 5.41 Å². The molecule has 1 atom stereocenters. The van der Waals surface area contributed by atoms with Gasteiger partial charge in [-0.05, 0) is 157 Å². The molecule has 0 saturated carbocycles. The predicted molar refractivity (Wildman–Crippen MR) is 325 cm³/mol. The zero-order valence-electron chi connectivity index (χ0n) is 45.7. The number of rotatable bonds is 2. The Bertz CT molecular complexity index is 3350. The third-order valence-electron chi connectivity index (χ3n) is 14.2. The van der Waals surface area contributed by atoms with Crippen LogP contribution in [0.3, 0.4) is 0 Å². The molecule has 0 aromatic heterocycles. The van der Waals surface area contributed by atoms with Crippen LogP contribution in [0.1, 0.15) is 126 Å². The molecule has 0 N–H and O–H groups in total. The largest absolute Gasteiger partial charge is 0.0836 e. The quantitative estimate of drug-likeness (QED) is 0.152. The third-order valence-corrected chi connectivity index (χ3v) is 14.2. The Kier molecular flexibility index (Phi) is 18.6. The van der Waals surface area contributed by atoms with Gasteiger partial charge in [0, 0.05) is 0 Å². The van der Waals surface area contributed by atoms with Crippen molar-refractivity contribution in [3.8, 4) is 22.3 Å². The lowest BCUT2D eigenvalue weighted by molar-refractivity contribution is 0.661. The Labute approximate surface area is 439 Å². The van der Waals surface area contributed by atoms with E-state index < -0.39 is 0 Å². The highest BCUT2D eigenvalue weighted by Gasteiger charge is 2.53. The van der Waals surface area contributed by atoms with Crippen LogP contribution in [0.2, 0.25) is 0 Å². The number of hydrogen-bond acceptors (Lipinski definition) is 0. The summed E-state index contributed by atoms with van der Waals surface area (Å²) in [6.45, 7) is 22.8. The molecule has 0 aliphatic heterocycles. The van der Waals surface area contributed by atoms with Crippen molar-refractivity contribution in [2.75, 3.05) is 0 Å². The van der Waals surface area contributed by atoms with Gasteiger partial charge in [-0.2, -0.15) is 0 Å². The molecule has 0 nitrogen and oxygen atoms in total. The van der Waals surface area contributed by atoms with Gasteiger partial charge >= 0.3 is 0 Å². The molecule has 73 heavy (non-hydrogen) atoms. The summed E-state index contributed by atoms with van der Waals surface area (Å²) in [7, 11) is 0. The number of fused-ring (bicyclic) bond motifs is 14. The molecule has 13 rings (SSSR count). The molecule has 0 fully saturated rings. The van der Waals surface area contributed by atoms with Crippen molar-refractivity contribution in [1.82, 2.24) is 0 Å². The second kappa shape index (κ2) is 25.4. The molecular weight excluding hydrogens is 877 g/mol. The maximum absolute atomic E-state index is 2.46. The second-order valence-electron chi connectivity index (χ2n) is 18.6. The van der Waals surface area contributed by atoms with Gasteiger partial charge in [-0.1, -0.05) is 280 Å². The van der Waals surface area contributed by atoms with Crippen molar-refractivity contribution in [1.29, 1.82) is 0 Å². The number of hydrogen-bond donors (Lipinski definition) is 0. The third kappa shape index (κ3) is 10.5. The van der Waals surface area contributed by atoms with Crippen molar-refractivity contribution in [2.45, 2.75) is 114 Å². The molecule has 4 aliphatic carbocycles. The minimum absolute atomic E-state index is 0.0157. The summed E-state index contributed by atoms with van der Waals surface area (Å²) in [6, 6.07) is 68.0. The summed E-state index contributed by atoms with van der Waals surface area (Å²) in [5, 5.41) is 8.14. The molecule has 9 aromatic rings. The average molecular weight is 955 g/mol. The number of benzene rings is 9. The van der Waals surface area contributed by atoms with Crippen LogP contribution in [0.4, 0.5) is 0 Å². The smallest absolute Gasteiger partial charge is 0.0651 e. The Balaban J connectivity index is 0.000000151. The molecule has 370 valence electrons. The van der Waals surface area contributed by atoms with E-state index in [2.05, 4.69) is 241 Å². The molecule has 0 heterocycles. The van der Waals surface area contributed by atoms with Crippen LogP contribution in [0.25, 0.3) is 65.7 Å². The van der Waals surface area contributed by atoms with Crippen molar-refractivity contribution in [3.05, 3.63) is 262 Å². The van der Waals surface area contributed by atoms with E-state index in [9.17, 15) is 0 Å². The van der Waals surface area contributed by atoms with Gasteiger partial charge < -0.3 is 0 Å². The topological polar surface area (TPSA) is 0 Å². The first-order valence-corrected chi connectivity index (χ1v) is 27.5. The van der Waals surface area contributed by atoms with Crippen LogP contribution in [0.5, 0.6) is 0 Å². The molecule has 1 spiro atoms. The van der Waals surface area contributed by atoms with Crippen LogP contribution in [0.15, 0.2) is 224 Å². The van der Waals surface area contributed by atoms with Gasteiger partial charge in [0.25, 0.3) is 0 Å². The summed E-state index contributed by atoms with van der Waals surface area (Å²) in [5.74, 6) is 0. The van der Waals surface area contributed by atoms with Crippen LogP contribution in [-0.4, -0.2) is 0 Å². The van der Waals surface area contributed by atoms with Gasteiger partial charge in [-0.15, -0.1) is 0 Å². The van der Waals surface area contributed by atoms with E-state index in [1.807, 2.05) is 47.6 Å². The highest BCUT2D eigenvalue weighted by molar-refractivity contribution is 6.26. The average Bonchev–Trinajstić information content (AvgIpc) is 3.95. The molecule has 0 amide bonds. The Morgan fingerprint density at radius 1 is 0.370 bits per heavy atom. The lowest BCUT2D eigenvalue weighted by Gasteiger charge is -2.36. The fourth-order valence-electron chi connectivity index (χ4n) is 11.3. The van der Waals surface area contributed by atoms with Crippen molar-refractivity contribution >= 4 is 43.5 Å². The predicted octanol–water partition coefficient (Wildman–Crippen LogP) is 21.8. The van der Waals surface area contributed by atoms with Gasteiger partial charge in [0.1, 0.15) is 0 Å². The molecule has 1 unspecified atom stereocenters. The monoisotopic (exact) mass is 955 g/mol. The van der Waals surface area contributed by atoms with Gasteiger partial charge in [-0.25, -0.2) is 0 Å². The normalized spacial score (nSPS) is 15.0. The Morgan fingerprint density at radius 3 is 1.37 bits per heavy atom. The lowest BCUT2D eigenvalue weighted by atomic mass is 9.66. The van der Waals surface area contributed by atoms with Crippen LogP contribution in [-0.2, 0) is 5.41 Å². The van der Waals surface area contributed by atoms with E-state index >= 15 is 0 Å². The first kappa shape index (κ1) is 53.5. The Hall–Kier alpha value is -7.28.